The fourth-order valence-electron chi connectivity index (χ4n) is 2.50. The zero-order chi connectivity index (χ0) is 14.8. The lowest BCUT2D eigenvalue weighted by molar-refractivity contribution is 0.540. The molecule has 0 spiro atoms. The number of hydrogen-bond acceptors (Lipinski definition) is 1. The smallest absolute Gasteiger partial charge is 0.129 e. The topological polar surface area (TPSA) is 26.0 Å². The van der Waals surface area contributed by atoms with Crippen molar-refractivity contribution in [2.45, 2.75) is 12.5 Å². The fourth-order valence-corrected chi connectivity index (χ4v) is 2.50. The average Bonchev–Trinajstić information content (AvgIpc) is 2.50. The van der Waals surface area contributed by atoms with E-state index in [-0.39, 0.29) is 12.0 Å². The van der Waals surface area contributed by atoms with E-state index in [0.29, 0.717) is 0 Å². The third-order valence-corrected chi connectivity index (χ3v) is 3.69. The number of hydrogen-bond donors (Lipinski definition) is 1. The molecule has 1 unspecified atom stereocenters. The molecular formula is C18H15F2N. The van der Waals surface area contributed by atoms with Crippen molar-refractivity contribution in [1.82, 2.24) is 0 Å². The molecule has 3 aromatic carbocycles. The summed E-state index contributed by atoms with van der Waals surface area (Å²) in [6.45, 7) is 0. The third-order valence-electron chi connectivity index (χ3n) is 3.69. The Bertz CT molecular complexity index is 763. The van der Waals surface area contributed by atoms with Crippen LogP contribution in [0.2, 0.25) is 0 Å². The molecule has 0 saturated heterocycles. The second kappa shape index (κ2) is 5.62. The second-order valence-electron chi connectivity index (χ2n) is 5.12. The van der Waals surface area contributed by atoms with Crippen LogP contribution in [0.1, 0.15) is 17.2 Å². The lowest BCUT2D eigenvalue weighted by atomic mass is 9.97. The standard InChI is InChI=1S/C18H15F2N/c19-16-6-3-7-17(20)15(16)11-18(21)14-9-8-12-4-1-2-5-13(12)10-14/h1-10,18H,11,21H2. The first kappa shape index (κ1) is 13.7. The van der Waals surface area contributed by atoms with Crippen molar-refractivity contribution in [3.63, 3.8) is 0 Å². The van der Waals surface area contributed by atoms with Gasteiger partial charge in [0.25, 0.3) is 0 Å². The van der Waals surface area contributed by atoms with Crippen LogP contribution in [0.25, 0.3) is 10.8 Å². The zero-order valence-electron chi connectivity index (χ0n) is 11.4. The van der Waals surface area contributed by atoms with Crippen molar-refractivity contribution in [3.8, 4) is 0 Å². The highest BCUT2D eigenvalue weighted by Crippen LogP contribution is 2.23. The Morgan fingerprint density at radius 2 is 1.48 bits per heavy atom. The summed E-state index contributed by atoms with van der Waals surface area (Å²) in [5.41, 5.74) is 7.03. The van der Waals surface area contributed by atoms with Crippen molar-refractivity contribution in [3.05, 3.63) is 83.4 Å². The Hall–Kier alpha value is -2.26. The molecule has 0 saturated carbocycles. The van der Waals surface area contributed by atoms with Gasteiger partial charge < -0.3 is 5.73 Å². The first-order chi connectivity index (χ1) is 10.1. The number of rotatable bonds is 3. The summed E-state index contributed by atoms with van der Waals surface area (Å²) < 4.78 is 27.4. The zero-order valence-corrected chi connectivity index (χ0v) is 11.4. The molecule has 0 heterocycles. The Morgan fingerprint density at radius 1 is 0.810 bits per heavy atom. The van der Waals surface area contributed by atoms with E-state index in [2.05, 4.69) is 0 Å². The molecule has 3 heteroatoms. The van der Waals surface area contributed by atoms with Crippen LogP contribution in [-0.2, 0) is 6.42 Å². The maximum absolute atomic E-state index is 13.7. The lowest BCUT2D eigenvalue weighted by Gasteiger charge is -2.14. The predicted molar refractivity (Wildman–Crippen MR) is 80.9 cm³/mol. The highest BCUT2D eigenvalue weighted by Gasteiger charge is 2.14. The van der Waals surface area contributed by atoms with Crippen LogP contribution in [0.15, 0.2) is 60.7 Å². The van der Waals surface area contributed by atoms with E-state index in [1.165, 1.54) is 18.2 Å². The van der Waals surface area contributed by atoms with Gasteiger partial charge in [0, 0.05) is 11.6 Å². The molecule has 3 rings (SSSR count). The molecule has 0 bridgehead atoms. The molecule has 0 fully saturated rings. The summed E-state index contributed by atoms with van der Waals surface area (Å²) >= 11 is 0. The summed E-state index contributed by atoms with van der Waals surface area (Å²) in [4.78, 5) is 0. The van der Waals surface area contributed by atoms with Crippen molar-refractivity contribution in [2.24, 2.45) is 5.73 Å². The summed E-state index contributed by atoms with van der Waals surface area (Å²) in [7, 11) is 0. The first-order valence-corrected chi connectivity index (χ1v) is 6.82. The molecule has 21 heavy (non-hydrogen) atoms. The molecule has 1 atom stereocenters. The number of fused-ring (bicyclic) bond motifs is 1. The monoisotopic (exact) mass is 283 g/mol. The summed E-state index contributed by atoms with van der Waals surface area (Å²) in [5.74, 6) is -1.10. The van der Waals surface area contributed by atoms with Gasteiger partial charge >= 0.3 is 0 Å². The van der Waals surface area contributed by atoms with Gasteiger partial charge in [-0.25, -0.2) is 8.78 Å². The highest BCUT2D eigenvalue weighted by atomic mass is 19.1. The summed E-state index contributed by atoms with van der Waals surface area (Å²) in [6, 6.07) is 17.2. The Morgan fingerprint density at radius 3 is 2.19 bits per heavy atom. The molecule has 0 aliphatic heterocycles. The minimum absolute atomic E-state index is 0.0400. The molecule has 2 N–H and O–H groups in total. The quantitative estimate of drug-likeness (QED) is 0.759. The van der Waals surface area contributed by atoms with Crippen LogP contribution < -0.4 is 5.73 Å². The molecule has 0 aliphatic rings. The minimum Gasteiger partial charge on any atom is -0.324 e. The first-order valence-electron chi connectivity index (χ1n) is 6.82. The molecular weight excluding hydrogens is 268 g/mol. The van der Waals surface area contributed by atoms with Gasteiger partial charge in [-0.05, 0) is 41.0 Å². The van der Waals surface area contributed by atoms with Crippen LogP contribution in [-0.4, -0.2) is 0 Å². The van der Waals surface area contributed by atoms with E-state index in [9.17, 15) is 8.78 Å². The largest absolute Gasteiger partial charge is 0.324 e. The van der Waals surface area contributed by atoms with Gasteiger partial charge in [0.05, 0.1) is 0 Å². The van der Waals surface area contributed by atoms with E-state index in [0.717, 1.165) is 16.3 Å². The molecule has 0 amide bonds. The molecule has 1 nitrogen and oxygen atoms in total. The van der Waals surface area contributed by atoms with Crippen LogP contribution in [0.5, 0.6) is 0 Å². The van der Waals surface area contributed by atoms with Gasteiger partial charge in [-0.3, -0.25) is 0 Å². The number of nitrogens with two attached hydrogens (primary N) is 1. The second-order valence-corrected chi connectivity index (χ2v) is 5.12. The van der Waals surface area contributed by atoms with Gasteiger partial charge in [0.2, 0.25) is 0 Å². The number of halogens is 2. The van der Waals surface area contributed by atoms with E-state index in [1.807, 2.05) is 42.5 Å². The number of benzene rings is 3. The predicted octanol–water partition coefficient (Wildman–Crippen LogP) is 4.36. The van der Waals surface area contributed by atoms with Gasteiger partial charge in [0.1, 0.15) is 11.6 Å². The Balaban J connectivity index is 1.91. The third kappa shape index (κ3) is 2.78. The maximum atomic E-state index is 13.7. The van der Waals surface area contributed by atoms with Gasteiger partial charge in [0.15, 0.2) is 0 Å². The van der Waals surface area contributed by atoms with Gasteiger partial charge in [-0.1, -0.05) is 42.5 Å². The Labute approximate surface area is 122 Å². The molecule has 0 aliphatic carbocycles. The van der Waals surface area contributed by atoms with Crippen molar-refractivity contribution < 1.29 is 8.78 Å². The van der Waals surface area contributed by atoms with Gasteiger partial charge in [-0.2, -0.15) is 0 Å². The van der Waals surface area contributed by atoms with E-state index in [4.69, 9.17) is 5.73 Å². The maximum Gasteiger partial charge on any atom is 0.129 e. The summed E-state index contributed by atoms with van der Waals surface area (Å²) in [6.07, 6.45) is 0.136. The summed E-state index contributed by atoms with van der Waals surface area (Å²) in [5, 5.41) is 2.19. The van der Waals surface area contributed by atoms with Crippen LogP contribution >= 0.6 is 0 Å². The van der Waals surface area contributed by atoms with Crippen molar-refractivity contribution in [1.29, 1.82) is 0 Å². The van der Waals surface area contributed by atoms with Crippen LogP contribution in [0.4, 0.5) is 8.78 Å². The van der Waals surface area contributed by atoms with Crippen LogP contribution in [0.3, 0.4) is 0 Å². The highest BCUT2D eigenvalue weighted by molar-refractivity contribution is 5.83. The molecule has 3 aromatic rings. The molecule has 0 aromatic heterocycles. The molecule has 0 radical (unpaired) electrons. The fraction of sp³-hybridized carbons (Fsp3) is 0.111. The van der Waals surface area contributed by atoms with Crippen molar-refractivity contribution in [2.75, 3.05) is 0 Å². The SMILES string of the molecule is NC(Cc1c(F)cccc1F)c1ccc2ccccc2c1. The van der Waals surface area contributed by atoms with E-state index < -0.39 is 17.7 Å². The van der Waals surface area contributed by atoms with E-state index in [1.54, 1.807) is 0 Å². The minimum atomic E-state index is -0.550. The molecule has 106 valence electrons. The van der Waals surface area contributed by atoms with Gasteiger partial charge in [-0.15, -0.1) is 0 Å². The Kier molecular flexibility index (Phi) is 3.67. The van der Waals surface area contributed by atoms with Crippen LogP contribution in [0, 0.1) is 11.6 Å². The average molecular weight is 283 g/mol. The normalized spacial score (nSPS) is 12.5. The van der Waals surface area contributed by atoms with E-state index >= 15 is 0 Å². The lowest BCUT2D eigenvalue weighted by Crippen LogP contribution is -2.15. The van der Waals surface area contributed by atoms with Crippen molar-refractivity contribution >= 4 is 10.8 Å².